The van der Waals surface area contributed by atoms with Crippen molar-refractivity contribution < 1.29 is 37.7 Å². The highest BCUT2D eigenvalue weighted by atomic mass is 19.1. The van der Waals surface area contributed by atoms with Gasteiger partial charge in [0.2, 0.25) is 0 Å². The lowest BCUT2D eigenvalue weighted by Crippen LogP contribution is -2.57. The van der Waals surface area contributed by atoms with E-state index in [4.69, 9.17) is 14.2 Å². The Kier molecular flexibility index (Phi) is 9.32. The molecule has 0 aromatic heterocycles. The van der Waals surface area contributed by atoms with Crippen LogP contribution in [0.5, 0.6) is 5.75 Å². The Hall–Kier alpha value is -3.82. The predicted molar refractivity (Wildman–Crippen MR) is 133 cm³/mol. The van der Waals surface area contributed by atoms with E-state index in [-0.39, 0.29) is 37.6 Å². The zero-order chi connectivity index (χ0) is 27.0. The van der Waals surface area contributed by atoms with E-state index < -0.39 is 35.6 Å². The maximum Gasteiger partial charge on any atom is 0.410 e. The summed E-state index contributed by atoms with van der Waals surface area (Å²) >= 11 is 0. The number of methoxy groups -OCH3 is 1. The maximum atomic E-state index is 14.2. The number of piperazine rings is 1. The normalized spacial score (nSPS) is 15.6. The SMILES string of the molecule is COC(=O)c1ccc(OCC[C@@H]2CN(C(=O)OCc3ccccc3)CCN2C(=O)OC(C)(C)C)cc1F. The van der Waals surface area contributed by atoms with Gasteiger partial charge in [-0.05, 0) is 38.5 Å². The second-order valence-electron chi connectivity index (χ2n) is 9.58. The van der Waals surface area contributed by atoms with Crippen LogP contribution in [0.2, 0.25) is 0 Å². The fraction of sp³-hybridized carbons (Fsp3) is 0.444. The number of nitrogens with zero attached hydrogens (tertiary/aromatic N) is 2. The van der Waals surface area contributed by atoms with Crippen LogP contribution in [0.15, 0.2) is 48.5 Å². The average molecular weight is 517 g/mol. The Labute approximate surface area is 216 Å². The van der Waals surface area contributed by atoms with Crippen molar-refractivity contribution in [2.75, 3.05) is 33.4 Å². The maximum absolute atomic E-state index is 14.2. The van der Waals surface area contributed by atoms with E-state index in [0.29, 0.717) is 13.0 Å². The van der Waals surface area contributed by atoms with Gasteiger partial charge in [0.15, 0.2) is 0 Å². The number of halogens is 1. The molecule has 10 heteroatoms. The lowest BCUT2D eigenvalue weighted by Gasteiger charge is -2.41. The molecule has 0 aliphatic carbocycles. The number of esters is 1. The molecule has 200 valence electrons. The molecule has 1 atom stereocenters. The molecule has 0 spiro atoms. The zero-order valence-corrected chi connectivity index (χ0v) is 21.6. The molecular weight excluding hydrogens is 483 g/mol. The fourth-order valence-corrected chi connectivity index (χ4v) is 3.81. The summed E-state index contributed by atoms with van der Waals surface area (Å²) < 4.78 is 35.5. The van der Waals surface area contributed by atoms with Crippen molar-refractivity contribution in [1.82, 2.24) is 9.80 Å². The first-order valence-electron chi connectivity index (χ1n) is 12.0. The third kappa shape index (κ3) is 8.09. The molecule has 0 saturated carbocycles. The van der Waals surface area contributed by atoms with Crippen LogP contribution in [-0.2, 0) is 20.8 Å². The van der Waals surface area contributed by atoms with Gasteiger partial charge in [-0.15, -0.1) is 0 Å². The molecule has 2 aromatic carbocycles. The summed E-state index contributed by atoms with van der Waals surface area (Å²) in [5.41, 5.74) is 0.00419. The highest BCUT2D eigenvalue weighted by Crippen LogP contribution is 2.21. The summed E-state index contributed by atoms with van der Waals surface area (Å²) in [5, 5.41) is 0. The molecule has 1 fully saturated rings. The molecule has 0 N–H and O–H groups in total. The van der Waals surface area contributed by atoms with Gasteiger partial charge in [0.05, 0.1) is 25.3 Å². The molecule has 0 radical (unpaired) electrons. The zero-order valence-electron chi connectivity index (χ0n) is 21.6. The van der Waals surface area contributed by atoms with Crippen molar-refractivity contribution in [1.29, 1.82) is 0 Å². The average Bonchev–Trinajstić information content (AvgIpc) is 2.86. The Bertz CT molecular complexity index is 1090. The number of benzene rings is 2. The van der Waals surface area contributed by atoms with Crippen molar-refractivity contribution >= 4 is 18.2 Å². The van der Waals surface area contributed by atoms with Gasteiger partial charge in [0, 0.05) is 32.1 Å². The van der Waals surface area contributed by atoms with Crippen LogP contribution in [-0.4, -0.2) is 72.9 Å². The van der Waals surface area contributed by atoms with Gasteiger partial charge in [-0.3, -0.25) is 0 Å². The molecule has 3 rings (SSSR count). The molecule has 1 aliphatic heterocycles. The van der Waals surface area contributed by atoms with E-state index in [1.807, 2.05) is 30.3 Å². The summed E-state index contributed by atoms with van der Waals surface area (Å²) in [4.78, 5) is 40.3. The topological polar surface area (TPSA) is 94.6 Å². The van der Waals surface area contributed by atoms with Gasteiger partial charge in [0.1, 0.15) is 23.8 Å². The standard InChI is InChI=1S/C27H33FN2O7/c1-27(2,3)37-26(33)30-14-13-29(25(32)36-18-19-8-6-5-7-9-19)17-20(30)12-15-35-21-10-11-22(23(28)16-21)24(31)34-4/h5-11,16,20H,12-15,17-18H2,1-4H3/t20-/m1/s1. The molecule has 0 unspecified atom stereocenters. The molecule has 1 saturated heterocycles. The third-order valence-corrected chi connectivity index (χ3v) is 5.64. The predicted octanol–water partition coefficient (Wildman–Crippen LogP) is 4.64. The van der Waals surface area contributed by atoms with Crippen molar-refractivity contribution in [3.8, 4) is 5.75 Å². The van der Waals surface area contributed by atoms with Gasteiger partial charge in [-0.1, -0.05) is 30.3 Å². The first kappa shape index (κ1) is 27.8. The first-order chi connectivity index (χ1) is 17.6. The monoisotopic (exact) mass is 516 g/mol. The van der Waals surface area contributed by atoms with Crippen LogP contribution in [0.4, 0.5) is 14.0 Å². The molecule has 1 heterocycles. The second-order valence-corrected chi connectivity index (χ2v) is 9.58. The van der Waals surface area contributed by atoms with Crippen LogP contribution in [0.3, 0.4) is 0 Å². The van der Waals surface area contributed by atoms with Crippen molar-refractivity contribution in [2.45, 2.75) is 45.4 Å². The quantitative estimate of drug-likeness (QED) is 0.391. The van der Waals surface area contributed by atoms with Crippen molar-refractivity contribution in [3.63, 3.8) is 0 Å². The minimum absolute atomic E-state index is 0.133. The Morgan fingerprint density at radius 2 is 1.76 bits per heavy atom. The third-order valence-electron chi connectivity index (χ3n) is 5.64. The Balaban J connectivity index is 1.63. The van der Waals surface area contributed by atoms with Gasteiger partial charge in [0.25, 0.3) is 0 Å². The Morgan fingerprint density at radius 3 is 2.41 bits per heavy atom. The molecule has 2 amide bonds. The van der Waals surface area contributed by atoms with Gasteiger partial charge in [-0.25, -0.2) is 18.8 Å². The number of hydrogen-bond donors (Lipinski definition) is 0. The van der Waals surface area contributed by atoms with E-state index in [1.54, 1.807) is 30.6 Å². The first-order valence-corrected chi connectivity index (χ1v) is 12.0. The van der Waals surface area contributed by atoms with Crippen LogP contribution < -0.4 is 4.74 Å². The molecule has 9 nitrogen and oxygen atoms in total. The number of rotatable bonds is 7. The summed E-state index contributed by atoms with van der Waals surface area (Å²) in [5.74, 6) is -1.31. The number of amides is 2. The highest BCUT2D eigenvalue weighted by Gasteiger charge is 2.35. The van der Waals surface area contributed by atoms with E-state index in [2.05, 4.69) is 4.74 Å². The van der Waals surface area contributed by atoms with E-state index >= 15 is 0 Å². The van der Waals surface area contributed by atoms with Gasteiger partial charge in [-0.2, -0.15) is 0 Å². The van der Waals surface area contributed by atoms with E-state index in [9.17, 15) is 18.8 Å². The van der Waals surface area contributed by atoms with Crippen LogP contribution in [0, 0.1) is 5.82 Å². The summed E-state index contributed by atoms with van der Waals surface area (Å²) in [7, 11) is 1.17. The highest BCUT2D eigenvalue weighted by molar-refractivity contribution is 5.89. The summed E-state index contributed by atoms with van der Waals surface area (Å²) in [6, 6.07) is 12.8. The van der Waals surface area contributed by atoms with Crippen LogP contribution >= 0.6 is 0 Å². The van der Waals surface area contributed by atoms with Crippen LogP contribution in [0.1, 0.15) is 43.1 Å². The van der Waals surface area contributed by atoms with Crippen LogP contribution in [0.25, 0.3) is 0 Å². The fourth-order valence-electron chi connectivity index (χ4n) is 3.81. The van der Waals surface area contributed by atoms with Gasteiger partial charge >= 0.3 is 18.2 Å². The number of ether oxygens (including phenoxy) is 4. The van der Waals surface area contributed by atoms with Gasteiger partial charge < -0.3 is 28.7 Å². The molecule has 1 aliphatic rings. The molecular formula is C27H33FN2O7. The van der Waals surface area contributed by atoms with E-state index in [1.165, 1.54) is 19.2 Å². The molecule has 37 heavy (non-hydrogen) atoms. The van der Waals surface area contributed by atoms with E-state index in [0.717, 1.165) is 11.6 Å². The summed E-state index contributed by atoms with van der Waals surface area (Å²) in [6.45, 7) is 6.42. The minimum atomic E-state index is -0.779. The molecule has 2 aromatic rings. The molecule has 0 bridgehead atoms. The summed E-state index contributed by atoms with van der Waals surface area (Å²) in [6.07, 6.45) is -0.607. The second kappa shape index (κ2) is 12.4. The Morgan fingerprint density at radius 1 is 1.03 bits per heavy atom. The lowest BCUT2D eigenvalue weighted by molar-refractivity contribution is -0.00615. The number of hydrogen-bond acceptors (Lipinski definition) is 7. The minimum Gasteiger partial charge on any atom is -0.493 e. The number of carbonyl (C=O) groups is 3. The van der Waals surface area contributed by atoms with Crippen molar-refractivity contribution in [3.05, 3.63) is 65.5 Å². The lowest BCUT2D eigenvalue weighted by atomic mass is 10.1. The number of carbonyl (C=O) groups excluding carboxylic acids is 3. The largest absolute Gasteiger partial charge is 0.493 e. The smallest absolute Gasteiger partial charge is 0.410 e. The van der Waals surface area contributed by atoms with Crippen molar-refractivity contribution in [2.24, 2.45) is 0 Å².